The Balaban J connectivity index is 1.55. The molecule has 2 N–H and O–H groups in total. The number of carbonyl (C=O) groups is 1. The van der Waals surface area contributed by atoms with Crippen molar-refractivity contribution in [2.75, 3.05) is 11.6 Å². The largest absolute Gasteiger partial charge is 0.486 e. The van der Waals surface area contributed by atoms with Crippen LogP contribution in [-0.2, 0) is 11.4 Å². The second-order valence-electron chi connectivity index (χ2n) is 6.73. The molecule has 146 valence electrons. The fraction of sp³-hybridized carbons (Fsp3) is 0.500. The predicted octanol–water partition coefficient (Wildman–Crippen LogP) is 2.59. The van der Waals surface area contributed by atoms with Crippen molar-refractivity contribution in [3.8, 4) is 5.75 Å². The lowest BCUT2D eigenvalue weighted by Crippen LogP contribution is -2.48. The Morgan fingerprint density at radius 3 is 2.59 bits per heavy atom. The number of nitrogens with zero attached hydrogens (tertiary/aromatic N) is 4. The van der Waals surface area contributed by atoms with Crippen molar-refractivity contribution >= 4 is 17.7 Å². The molecule has 7 nitrogen and oxygen atoms in total. The van der Waals surface area contributed by atoms with E-state index in [0.29, 0.717) is 16.7 Å². The number of aromatic nitrogens is 3. The van der Waals surface area contributed by atoms with Gasteiger partial charge in [0.2, 0.25) is 11.1 Å². The highest BCUT2D eigenvalue weighted by Crippen LogP contribution is 2.25. The van der Waals surface area contributed by atoms with E-state index in [1.165, 1.54) is 40.7 Å². The molecule has 3 rings (SSSR count). The van der Waals surface area contributed by atoms with Crippen molar-refractivity contribution in [1.82, 2.24) is 19.8 Å². The molecule has 0 aliphatic carbocycles. The highest BCUT2D eigenvalue weighted by atomic mass is 32.2. The number of benzene rings is 1. The van der Waals surface area contributed by atoms with Crippen LogP contribution < -0.4 is 10.6 Å². The Labute approximate surface area is 162 Å². The minimum absolute atomic E-state index is 0.0896. The number of amides is 1. The average Bonchev–Trinajstić information content (AvgIpc) is 2.99. The number of hydrogen-bond acceptors (Lipinski definition) is 6. The molecule has 2 unspecified atom stereocenters. The molecule has 1 aromatic carbocycles. The molecule has 0 bridgehead atoms. The van der Waals surface area contributed by atoms with Gasteiger partial charge in [-0.25, -0.2) is 9.07 Å². The van der Waals surface area contributed by atoms with Crippen LogP contribution in [0.1, 0.15) is 38.9 Å². The number of ether oxygens (including phenoxy) is 1. The van der Waals surface area contributed by atoms with Crippen LogP contribution in [0.2, 0.25) is 0 Å². The summed E-state index contributed by atoms with van der Waals surface area (Å²) in [6.45, 7) is 4.28. The maximum Gasteiger partial charge on any atom is 0.233 e. The first kappa shape index (κ1) is 19.5. The highest BCUT2D eigenvalue weighted by molar-refractivity contribution is 7.99. The monoisotopic (exact) mass is 393 g/mol. The maximum atomic E-state index is 12.9. The van der Waals surface area contributed by atoms with Gasteiger partial charge in [-0.15, -0.1) is 10.2 Å². The Hall–Kier alpha value is -2.29. The fourth-order valence-corrected chi connectivity index (χ4v) is 4.04. The lowest BCUT2D eigenvalue weighted by atomic mass is 9.98. The summed E-state index contributed by atoms with van der Waals surface area (Å²) in [6, 6.07) is 6.22. The van der Waals surface area contributed by atoms with Crippen LogP contribution in [0.25, 0.3) is 0 Å². The molecule has 27 heavy (non-hydrogen) atoms. The molecule has 1 saturated heterocycles. The molecule has 0 spiro atoms. The summed E-state index contributed by atoms with van der Waals surface area (Å²) in [6.07, 6.45) is 3.24. The van der Waals surface area contributed by atoms with Crippen LogP contribution >= 0.6 is 11.8 Å². The lowest BCUT2D eigenvalue weighted by molar-refractivity contribution is -0.134. The van der Waals surface area contributed by atoms with Crippen molar-refractivity contribution < 1.29 is 13.9 Å². The maximum absolute atomic E-state index is 12.9. The first-order valence-corrected chi connectivity index (χ1v) is 9.96. The summed E-state index contributed by atoms with van der Waals surface area (Å²) in [7, 11) is 0. The van der Waals surface area contributed by atoms with Gasteiger partial charge in [0.05, 0.1) is 5.75 Å². The number of hydrogen-bond donors (Lipinski definition) is 1. The standard InChI is InChI=1S/C18H24FN5O2S/c1-12-4-3-5-13(2)23(12)17(25)11-27-18-22-21-16(24(18)20)10-26-15-8-6-14(19)7-9-15/h6-9,12-13H,3-5,10-11,20H2,1-2H3. The quantitative estimate of drug-likeness (QED) is 0.600. The smallest absolute Gasteiger partial charge is 0.233 e. The molecule has 0 saturated carbocycles. The van der Waals surface area contributed by atoms with Gasteiger partial charge in [-0.3, -0.25) is 4.79 Å². The topological polar surface area (TPSA) is 86.3 Å². The van der Waals surface area contributed by atoms with Gasteiger partial charge in [-0.2, -0.15) is 0 Å². The molecule has 2 aromatic rings. The summed E-state index contributed by atoms with van der Waals surface area (Å²) in [5, 5.41) is 8.51. The first-order valence-electron chi connectivity index (χ1n) is 8.97. The summed E-state index contributed by atoms with van der Waals surface area (Å²) in [4.78, 5) is 14.6. The van der Waals surface area contributed by atoms with Crippen LogP contribution in [0.4, 0.5) is 4.39 Å². The summed E-state index contributed by atoms with van der Waals surface area (Å²) in [5.74, 6) is 6.98. The van der Waals surface area contributed by atoms with Gasteiger partial charge >= 0.3 is 0 Å². The summed E-state index contributed by atoms with van der Waals surface area (Å²) in [5.41, 5.74) is 0. The third-order valence-electron chi connectivity index (χ3n) is 4.72. The van der Waals surface area contributed by atoms with Crippen molar-refractivity contribution in [1.29, 1.82) is 0 Å². The van der Waals surface area contributed by atoms with Crippen LogP contribution in [0.15, 0.2) is 29.4 Å². The number of halogens is 1. The van der Waals surface area contributed by atoms with Gasteiger partial charge in [0.1, 0.15) is 18.2 Å². The number of carbonyl (C=O) groups excluding carboxylic acids is 1. The van der Waals surface area contributed by atoms with E-state index in [0.717, 1.165) is 19.3 Å². The van der Waals surface area contributed by atoms with Gasteiger partial charge in [-0.05, 0) is 57.4 Å². The minimum atomic E-state index is -0.329. The van der Waals surface area contributed by atoms with Crippen LogP contribution in [0, 0.1) is 5.82 Å². The molecule has 1 aliphatic rings. The van der Waals surface area contributed by atoms with Gasteiger partial charge < -0.3 is 15.5 Å². The first-order chi connectivity index (χ1) is 13.0. The Morgan fingerprint density at radius 1 is 1.26 bits per heavy atom. The van der Waals surface area contributed by atoms with E-state index in [1.807, 2.05) is 4.90 Å². The van der Waals surface area contributed by atoms with E-state index >= 15 is 0 Å². The third kappa shape index (κ3) is 4.71. The molecule has 2 heterocycles. The second-order valence-corrected chi connectivity index (χ2v) is 7.67. The third-order valence-corrected chi connectivity index (χ3v) is 5.65. The number of rotatable bonds is 6. The number of nitrogen functional groups attached to an aromatic ring is 1. The average molecular weight is 393 g/mol. The van der Waals surface area contributed by atoms with Crippen LogP contribution in [0.5, 0.6) is 5.75 Å². The number of piperidine rings is 1. The second kappa shape index (κ2) is 8.60. The molecule has 2 atom stereocenters. The van der Waals surface area contributed by atoms with E-state index in [1.54, 1.807) is 0 Å². The molecule has 1 aromatic heterocycles. The van der Waals surface area contributed by atoms with Gasteiger partial charge in [0, 0.05) is 12.1 Å². The molecule has 1 fully saturated rings. The Morgan fingerprint density at radius 2 is 1.93 bits per heavy atom. The molecule has 0 radical (unpaired) electrons. The molecular weight excluding hydrogens is 369 g/mol. The number of nitrogens with two attached hydrogens (primary N) is 1. The van der Waals surface area contributed by atoms with E-state index in [-0.39, 0.29) is 36.2 Å². The van der Waals surface area contributed by atoms with Gasteiger partial charge in [-0.1, -0.05) is 11.8 Å². The van der Waals surface area contributed by atoms with Gasteiger partial charge in [0.25, 0.3) is 0 Å². The molecular formula is C18H24FN5O2S. The van der Waals surface area contributed by atoms with Crippen LogP contribution in [-0.4, -0.2) is 43.5 Å². The predicted molar refractivity (Wildman–Crippen MR) is 101 cm³/mol. The summed E-state index contributed by atoms with van der Waals surface area (Å²) < 4.78 is 19.8. The zero-order valence-electron chi connectivity index (χ0n) is 15.5. The lowest BCUT2D eigenvalue weighted by Gasteiger charge is -2.39. The van der Waals surface area contributed by atoms with E-state index in [4.69, 9.17) is 10.6 Å². The molecule has 1 aliphatic heterocycles. The van der Waals surface area contributed by atoms with Crippen molar-refractivity contribution in [2.24, 2.45) is 0 Å². The molecule has 9 heteroatoms. The van der Waals surface area contributed by atoms with E-state index < -0.39 is 0 Å². The highest BCUT2D eigenvalue weighted by Gasteiger charge is 2.29. The van der Waals surface area contributed by atoms with E-state index in [9.17, 15) is 9.18 Å². The van der Waals surface area contributed by atoms with Crippen molar-refractivity contribution in [3.05, 3.63) is 35.9 Å². The Kier molecular flexibility index (Phi) is 6.20. The normalized spacial score (nSPS) is 19.9. The SMILES string of the molecule is CC1CCCC(C)N1C(=O)CSc1nnc(COc2ccc(F)cc2)n1N. The number of likely N-dealkylation sites (tertiary alicyclic amines) is 1. The van der Waals surface area contributed by atoms with E-state index in [2.05, 4.69) is 24.0 Å². The minimum Gasteiger partial charge on any atom is -0.486 e. The molecule has 1 amide bonds. The van der Waals surface area contributed by atoms with Crippen molar-refractivity contribution in [2.45, 2.75) is 57.0 Å². The number of thioether (sulfide) groups is 1. The zero-order valence-corrected chi connectivity index (χ0v) is 16.3. The Bertz CT molecular complexity index is 773. The van der Waals surface area contributed by atoms with Crippen molar-refractivity contribution in [3.63, 3.8) is 0 Å². The van der Waals surface area contributed by atoms with Gasteiger partial charge in [0.15, 0.2) is 5.82 Å². The zero-order chi connectivity index (χ0) is 19.4. The summed E-state index contributed by atoms with van der Waals surface area (Å²) >= 11 is 1.27. The fourth-order valence-electron chi connectivity index (χ4n) is 3.30. The van der Waals surface area contributed by atoms with Crippen LogP contribution in [0.3, 0.4) is 0 Å².